The minimum absolute atomic E-state index is 0.286. The Bertz CT molecular complexity index is 862. The largest absolute Gasteiger partial charge is 0.319 e. The molecule has 0 saturated carbocycles. The molecule has 0 saturated heterocycles. The quantitative estimate of drug-likeness (QED) is 0.779. The molecule has 0 aliphatic rings. The van der Waals surface area contributed by atoms with Crippen LogP contribution in [-0.4, -0.2) is 15.9 Å². The van der Waals surface area contributed by atoms with E-state index in [9.17, 15) is 4.79 Å². The molecule has 5 nitrogen and oxygen atoms in total. The van der Waals surface area contributed by atoms with Crippen LogP contribution in [0.15, 0.2) is 54.9 Å². The van der Waals surface area contributed by atoms with Crippen molar-refractivity contribution in [2.45, 2.75) is 0 Å². The molecule has 21 heavy (non-hydrogen) atoms. The number of amides is 1. The van der Waals surface area contributed by atoms with Gasteiger partial charge in [-0.2, -0.15) is 5.26 Å². The number of anilines is 1. The fourth-order valence-electron chi connectivity index (χ4n) is 2.06. The first-order chi connectivity index (χ1) is 10.3. The van der Waals surface area contributed by atoms with Gasteiger partial charge < -0.3 is 5.32 Å². The third-order valence-corrected chi connectivity index (χ3v) is 3.05. The fraction of sp³-hybridized carbons (Fsp3) is 0. The number of nitrogens with one attached hydrogen (secondary N) is 1. The normalized spacial score (nSPS) is 10.0. The fourth-order valence-corrected chi connectivity index (χ4v) is 2.06. The minimum Gasteiger partial charge on any atom is -0.319 e. The molecule has 0 atom stereocenters. The van der Waals surface area contributed by atoms with Crippen molar-refractivity contribution >= 4 is 22.5 Å². The second kappa shape index (κ2) is 5.39. The Morgan fingerprint density at radius 2 is 1.81 bits per heavy atom. The van der Waals surface area contributed by atoms with Crippen LogP contribution in [0.1, 0.15) is 16.1 Å². The Morgan fingerprint density at radius 1 is 1.05 bits per heavy atom. The average molecular weight is 274 g/mol. The van der Waals surface area contributed by atoms with Crippen LogP contribution < -0.4 is 5.32 Å². The van der Waals surface area contributed by atoms with E-state index in [0.717, 1.165) is 0 Å². The zero-order valence-corrected chi connectivity index (χ0v) is 10.9. The molecule has 1 aromatic heterocycles. The van der Waals surface area contributed by atoms with Gasteiger partial charge in [0.2, 0.25) is 0 Å². The number of nitrogens with zero attached hydrogens (tertiary/aromatic N) is 3. The predicted molar refractivity (Wildman–Crippen MR) is 78.6 cm³/mol. The van der Waals surface area contributed by atoms with E-state index < -0.39 is 0 Å². The SMILES string of the molecule is N#Cc1ccccc1NC(=O)c1ncnc2ccccc12. The summed E-state index contributed by atoms with van der Waals surface area (Å²) in [6.07, 6.45) is 1.35. The maximum atomic E-state index is 12.4. The summed E-state index contributed by atoms with van der Waals surface area (Å²) in [6.45, 7) is 0. The number of carbonyl (C=O) groups excluding carboxylic acids is 1. The maximum Gasteiger partial charge on any atom is 0.275 e. The number of para-hydroxylation sites is 2. The van der Waals surface area contributed by atoms with Gasteiger partial charge in [0.05, 0.1) is 16.8 Å². The molecule has 0 aliphatic carbocycles. The van der Waals surface area contributed by atoms with E-state index in [2.05, 4.69) is 15.3 Å². The maximum absolute atomic E-state index is 12.4. The number of carbonyl (C=O) groups is 1. The van der Waals surface area contributed by atoms with Crippen molar-refractivity contribution in [2.24, 2.45) is 0 Å². The molecule has 100 valence electrons. The van der Waals surface area contributed by atoms with Crippen molar-refractivity contribution in [2.75, 3.05) is 5.32 Å². The number of hydrogen-bond acceptors (Lipinski definition) is 4. The highest BCUT2D eigenvalue weighted by molar-refractivity contribution is 6.11. The smallest absolute Gasteiger partial charge is 0.275 e. The Morgan fingerprint density at radius 3 is 2.67 bits per heavy atom. The highest BCUT2D eigenvalue weighted by Crippen LogP contribution is 2.18. The molecule has 2 aromatic carbocycles. The topological polar surface area (TPSA) is 78.7 Å². The minimum atomic E-state index is -0.365. The first-order valence-electron chi connectivity index (χ1n) is 6.30. The van der Waals surface area contributed by atoms with E-state index in [1.165, 1.54) is 6.33 Å². The van der Waals surface area contributed by atoms with Crippen molar-refractivity contribution in [3.05, 3.63) is 66.1 Å². The standard InChI is InChI=1S/C16H10N4O/c17-9-11-5-1-3-7-13(11)20-16(21)15-12-6-2-4-8-14(12)18-10-19-15/h1-8,10H,(H,20,21). The Balaban J connectivity index is 2.00. The molecular formula is C16H10N4O. The van der Waals surface area contributed by atoms with E-state index in [1.807, 2.05) is 24.3 Å². The van der Waals surface area contributed by atoms with Gasteiger partial charge in [0.15, 0.2) is 0 Å². The number of rotatable bonds is 2. The van der Waals surface area contributed by atoms with E-state index in [0.29, 0.717) is 22.2 Å². The lowest BCUT2D eigenvalue weighted by Gasteiger charge is -2.07. The van der Waals surface area contributed by atoms with Crippen LogP contribution in [0.2, 0.25) is 0 Å². The summed E-state index contributed by atoms with van der Waals surface area (Å²) in [7, 11) is 0. The molecule has 0 spiro atoms. The molecule has 0 aliphatic heterocycles. The lowest BCUT2D eigenvalue weighted by Crippen LogP contribution is -2.15. The number of aromatic nitrogens is 2. The molecule has 5 heteroatoms. The second-order valence-corrected chi connectivity index (χ2v) is 4.35. The monoisotopic (exact) mass is 274 g/mol. The highest BCUT2D eigenvalue weighted by Gasteiger charge is 2.13. The zero-order chi connectivity index (χ0) is 14.7. The molecule has 0 fully saturated rings. The van der Waals surface area contributed by atoms with Crippen LogP contribution in [0.4, 0.5) is 5.69 Å². The molecular weight excluding hydrogens is 264 g/mol. The number of fused-ring (bicyclic) bond motifs is 1. The van der Waals surface area contributed by atoms with E-state index in [1.54, 1.807) is 30.3 Å². The molecule has 3 rings (SSSR count). The highest BCUT2D eigenvalue weighted by atomic mass is 16.1. The first kappa shape index (κ1) is 12.8. The van der Waals surface area contributed by atoms with Gasteiger partial charge in [-0.05, 0) is 18.2 Å². The molecule has 0 radical (unpaired) electrons. The van der Waals surface area contributed by atoms with E-state index in [4.69, 9.17) is 5.26 Å². The van der Waals surface area contributed by atoms with Crippen LogP contribution in [-0.2, 0) is 0 Å². The van der Waals surface area contributed by atoms with Crippen LogP contribution in [0, 0.1) is 11.3 Å². The Labute approximate surface area is 120 Å². The predicted octanol–water partition coefficient (Wildman–Crippen LogP) is 2.75. The molecule has 1 heterocycles. The van der Waals surface area contributed by atoms with Crippen LogP contribution in [0.5, 0.6) is 0 Å². The summed E-state index contributed by atoms with van der Waals surface area (Å²) in [4.78, 5) is 20.6. The Kier molecular flexibility index (Phi) is 3.27. The first-order valence-corrected chi connectivity index (χ1v) is 6.30. The summed E-state index contributed by atoms with van der Waals surface area (Å²) in [5.74, 6) is -0.365. The third kappa shape index (κ3) is 2.42. The Hall–Kier alpha value is -3.26. The summed E-state index contributed by atoms with van der Waals surface area (Å²) < 4.78 is 0. The van der Waals surface area contributed by atoms with Crippen molar-refractivity contribution in [1.82, 2.24) is 9.97 Å². The van der Waals surface area contributed by atoms with Crippen molar-refractivity contribution in [3.63, 3.8) is 0 Å². The second-order valence-electron chi connectivity index (χ2n) is 4.35. The molecule has 1 N–H and O–H groups in total. The molecule has 0 bridgehead atoms. The van der Waals surface area contributed by atoms with E-state index in [-0.39, 0.29) is 11.6 Å². The lowest BCUT2D eigenvalue weighted by molar-refractivity contribution is 0.102. The van der Waals surface area contributed by atoms with Gasteiger partial charge in [-0.15, -0.1) is 0 Å². The number of benzene rings is 2. The van der Waals surface area contributed by atoms with Crippen molar-refractivity contribution < 1.29 is 4.79 Å². The van der Waals surface area contributed by atoms with Gasteiger partial charge in [-0.25, -0.2) is 9.97 Å². The van der Waals surface area contributed by atoms with Crippen LogP contribution in [0.3, 0.4) is 0 Å². The third-order valence-electron chi connectivity index (χ3n) is 3.05. The molecule has 0 unspecified atom stereocenters. The van der Waals surface area contributed by atoms with Gasteiger partial charge in [0.1, 0.15) is 18.1 Å². The van der Waals surface area contributed by atoms with Gasteiger partial charge in [0.25, 0.3) is 5.91 Å². The summed E-state index contributed by atoms with van der Waals surface area (Å²) >= 11 is 0. The van der Waals surface area contributed by atoms with Crippen molar-refractivity contribution in [1.29, 1.82) is 5.26 Å². The van der Waals surface area contributed by atoms with Gasteiger partial charge in [0, 0.05) is 5.39 Å². The molecule has 3 aromatic rings. The van der Waals surface area contributed by atoms with Crippen molar-refractivity contribution in [3.8, 4) is 6.07 Å². The lowest BCUT2D eigenvalue weighted by atomic mass is 10.1. The average Bonchev–Trinajstić information content (AvgIpc) is 2.54. The van der Waals surface area contributed by atoms with Gasteiger partial charge >= 0.3 is 0 Å². The van der Waals surface area contributed by atoms with Crippen LogP contribution >= 0.6 is 0 Å². The van der Waals surface area contributed by atoms with Gasteiger partial charge in [-0.3, -0.25) is 4.79 Å². The zero-order valence-electron chi connectivity index (χ0n) is 10.9. The summed E-state index contributed by atoms with van der Waals surface area (Å²) in [5, 5.41) is 12.4. The van der Waals surface area contributed by atoms with Gasteiger partial charge in [-0.1, -0.05) is 30.3 Å². The summed E-state index contributed by atoms with van der Waals surface area (Å²) in [5.41, 5.74) is 1.86. The van der Waals surface area contributed by atoms with Crippen LogP contribution in [0.25, 0.3) is 10.9 Å². The summed E-state index contributed by atoms with van der Waals surface area (Å²) in [6, 6.07) is 16.2. The number of hydrogen-bond donors (Lipinski definition) is 1. The molecule has 1 amide bonds. The number of nitriles is 1. The van der Waals surface area contributed by atoms with E-state index >= 15 is 0 Å².